The molecule has 1 N–H and O–H groups in total. The smallest absolute Gasteiger partial charge is 0.254 e. The standard InChI is InChI=1S/C24H25N7O2/c1-2-4-20-15-21(31-24(27-20)28-22(29-31)18-5-3-10-25-16-18)26-19-8-6-17(7-9-19)23(32)30-11-13-33-14-12-30/h3,5-10,15-16,26H,2,4,11-14H2,1H3. The first kappa shape index (κ1) is 21.0. The fourth-order valence-electron chi connectivity index (χ4n) is 3.80. The van der Waals surface area contributed by atoms with Gasteiger partial charge >= 0.3 is 0 Å². The maximum atomic E-state index is 12.7. The van der Waals surface area contributed by atoms with Crippen molar-refractivity contribution in [1.29, 1.82) is 0 Å². The van der Waals surface area contributed by atoms with Crippen LogP contribution in [-0.4, -0.2) is 61.7 Å². The van der Waals surface area contributed by atoms with E-state index in [0.29, 0.717) is 43.5 Å². The zero-order valence-corrected chi connectivity index (χ0v) is 18.4. The molecule has 0 spiro atoms. The first-order valence-electron chi connectivity index (χ1n) is 11.1. The van der Waals surface area contributed by atoms with Crippen LogP contribution in [0.15, 0.2) is 54.9 Å². The number of hydrogen-bond donors (Lipinski definition) is 1. The van der Waals surface area contributed by atoms with E-state index < -0.39 is 0 Å². The van der Waals surface area contributed by atoms with Gasteiger partial charge in [-0.05, 0) is 42.8 Å². The lowest BCUT2D eigenvalue weighted by molar-refractivity contribution is 0.0303. The van der Waals surface area contributed by atoms with Crippen LogP contribution in [0.2, 0.25) is 0 Å². The average Bonchev–Trinajstić information content (AvgIpc) is 3.30. The largest absolute Gasteiger partial charge is 0.378 e. The van der Waals surface area contributed by atoms with Gasteiger partial charge in [0.15, 0.2) is 5.82 Å². The van der Waals surface area contributed by atoms with Crippen LogP contribution >= 0.6 is 0 Å². The van der Waals surface area contributed by atoms with Gasteiger partial charge in [-0.1, -0.05) is 13.3 Å². The molecule has 0 atom stereocenters. The minimum atomic E-state index is 0.0266. The lowest BCUT2D eigenvalue weighted by Crippen LogP contribution is -2.40. The third-order valence-electron chi connectivity index (χ3n) is 5.49. The number of carbonyl (C=O) groups excluding carboxylic acids is 1. The van der Waals surface area contributed by atoms with E-state index >= 15 is 0 Å². The summed E-state index contributed by atoms with van der Waals surface area (Å²) in [6.07, 6.45) is 5.27. The maximum Gasteiger partial charge on any atom is 0.254 e. The number of morpholine rings is 1. The van der Waals surface area contributed by atoms with Gasteiger partial charge in [0.05, 0.1) is 13.2 Å². The Hall–Kier alpha value is -3.85. The Morgan fingerprint density at radius 3 is 2.67 bits per heavy atom. The summed E-state index contributed by atoms with van der Waals surface area (Å²) in [6.45, 7) is 4.54. The van der Waals surface area contributed by atoms with E-state index in [0.717, 1.165) is 35.6 Å². The van der Waals surface area contributed by atoms with Crippen molar-refractivity contribution < 1.29 is 9.53 Å². The number of aromatic nitrogens is 5. The first-order chi connectivity index (χ1) is 16.2. The van der Waals surface area contributed by atoms with Crippen LogP contribution in [0, 0.1) is 0 Å². The molecule has 1 aromatic carbocycles. The number of carbonyl (C=O) groups is 1. The van der Waals surface area contributed by atoms with Gasteiger partial charge in [0, 0.05) is 54.1 Å². The molecule has 168 valence electrons. The van der Waals surface area contributed by atoms with Crippen molar-refractivity contribution in [2.24, 2.45) is 0 Å². The van der Waals surface area contributed by atoms with Crippen molar-refractivity contribution >= 4 is 23.2 Å². The third kappa shape index (κ3) is 4.54. The summed E-state index contributed by atoms with van der Waals surface area (Å²) in [5.74, 6) is 1.89. The van der Waals surface area contributed by atoms with Gasteiger partial charge in [-0.3, -0.25) is 9.78 Å². The molecule has 0 radical (unpaired) electrons. The van der Waals surface area contributed by atoms with Crippen molar-refractivity contribution in [3.63, 3.8) is 0 Å². The van der Waals surface area contributed by atoms with Gasteiger partial charge in [0.25, 0.3) is 11.7 Å². The normalized spacial score (nSPS) is 13.9. The van der Waals surface area contributed by atoms with Gasteiger partial charge < -0.3 is 15.0 Å². The number of ether oxygens (including phenoxy) is 1. The number of fused-ring (bicyclic) bond motifs is 1. The fraction of sp³-hybridized carbons (Fsp3) is 0.292. The van der Waals surface area contributed by atoms with E-state index in [1.165, 1.54) is 0 Å². The molecule has 4 aromatic rings. The summed E-state index contributed by atoms with van der Waals surface area (Å²) in [4.78, 5) is 28.0. The number of aryl methyl sites for hydroxylation is 1. The van der Waals surface area contributed by atoms with Gasteiger partial charge in [-0.25, -0.2) is 4.98 Å². The van der Waals surface area contributed by atoms with Gasteiger partial charge in [-0.15, -0.1) is 5.10 Å². The second-order valence-corrected chi connectivity index (χ2v) is 7.88. The molecule has 0 aliphatic carbocycles. The van der Waals surface area contributed by atoms with Gasteiger partial charge in [0.1, 0.15) is 5.82 Å². The fourth-order valence-corrected chi connectivity index (χ4v) is 3.80. The van der Waals surface area contributed by atoms with E-state index in [4.69, 9.17) is 4.74 Å². The second kappa shape index (κ2) is 9.33. The number of amides is 1. The molecule has 9 heteroatoms. The van der Waals surface area contributed by atoms with E-state index in [1.807, 2.05) is 47.4 Å². The molecular formula is C24H25N7O2. The molecule has 1 aliphatic heterocycles. The molecule has 33 heavy (non-hydrogen) atoms. The Labute approximate surface area is 191 Å². The third-order valence-corrected chi connectivity index (χ3v) is 5.49. The van der Waals surface area contributed by atoms with E-state index in [2.05, 4.69) is 32.3 Å². The maximum absolute atomic E-state index is 12.7. The first-order valence-corrected chi connectivity index (χ1v) is 11.1. The van der Waals surface area contributed by atoms with Crippen LogP contribution in [0.4, 0.5) is 11.5 Å². The highest BCUT2D eigenvalue weighted by Crippen LogP contribution is 2.22. The highest BCUT2D eigenvalue weighted by atomic mass is 16.5. The molecule has 0 saturated carbocycles. The Balaban J connectivity index is 1.43. The lowest BCUT2D eigenvalue weighted by Gasteiger charge is -2.26. The van der Waals surface area contributed by atoms with Crippen molar-refractivity contribution in [2.75, 3.05) is 31.6 Å². The van der Waals surface area contributed by atoms with E-state index in [-0.39, 0.29) is 5.91 Å². The molecule has 1 fully saturated rings. The highest BCUT2D eigenvalue weighted by Gasteiger charge is 2.18. The van der Waals surface area contributed by atoms with Crippen molar-refractivity contribution in [2.45, 2.75) is 19.8 Å². The Morgan fingerprint density at radius 2 is 1.94 bits per heavy atom. The second-order valence-electron chi connectivity index (χ2n) is 7.88. The van der Waals surface area contributed by atoms with Crippen LogP contribution < -0.4 is 5.32 Å². The molecule has 5 rings (SSSR count). The monoisotopic (exact) mass is 443 g/mol. The Morgan fingerprint density at radius 1 is 1.12 bits per heavy atom. The van der Waals surface area contributed by atoms with Gasteiger partial charge in [0.2, 0.25) is 0 Å². The number of benzene rings is 1. The molecule has 1 saturated heterocycles. The summed E-state index contributed by atoms with van der Waals surface area (Å²) in [7, 11) is 0. The number of pyridine rings is 1. The molecule has 3 aromatic heterocycles. The number of anilines is 2. The molecule has 1 amide bonds. The summed E-state index contributed by atoms with van der Waals surface area (Å²) in [5.41, 5.74) is 3.28. The summed E-state index contributed by atoms with van der Waals surface area (Å²) < 4.78 is 7.04. The minimum Gasteiger partial charge on any atom is -0.378 e. The van der Waals surface area contributed by atoms with Crippen LogP contribution in [0.5, 0.6) is 0 Å². The average molecular weight is 444 g/mol. The topological polar surface area (TPSA) is 97.5 Å². The molecule has 9 nitrogen and oxygen atoms in total. The zero-order valence-electron chi connectivity index (χ0n) is 18.4. The van der Waals surface area contributed by atoms with Crippen LogP contribution in [0.3, 0.4) is 0 Å². The molecule has 4 heterocycles. The predicted octanol–water partition coefficient (Wildman–Crippen LogP) is 3.35. The number of nitrogens with zero attached hydrogens (tertiary/aromatic N) is 6. The summed E-state index contributed by atoms with van der Waals surface area (Å²) >= 11 is 0. The predicted molar refractivity (Wildman–Crippen MR) is 124 cm³/mol. The highest BCUT2D eigenvalue weighted by molar-refractivity contribution is 5.94. The van der Waals surface area contributed by atoms with Gasteiger partial charge in [-0.2, -0.15) is 9.50 Å². The number of rotatable bonds is 6. The van der Waals surface area contributed by atoms with Crippen molar-refractivity contribution in [3.05, 3.63) is 66.1 Å². The molecule has 0 unspecified atom stereocenters. The quantitative estimate of drug-likeness (QED) is 0.488. The molecule has 1 aliphatic rings. The van der Waals surface area contributed by atoms with Crippen LogP contribution in [0.1, 0.15) is 29.4 Å². The van der Waals surface area contributed by atoms with Crippen molar-refractivity contribution in [3.8, 4) is 11.4 Å². The molecule has 0 bridgehead atoms. The van der Waals surface area contributed by atoms with E-state index in [9.17, 15) is 4.79 Å². The molecular weight excluding hydrogens is 418 g/mol. The number of hydrogen-bond acceptors (Lipinski definition) is 7. The SMILES string of the molecule is CCCc1cc(Nc2ccc(C(=O)N3CCOCC3)cc2)n2nc(-c3cccnc3)nc2n1. The Kier molecular flexibility index (Phi) is 5.95. The Bertz CT molecular complexity index is 1250. The van der Waals surface area contributed by atoms with Crippen LogP contribution in [-0.2, 0) is 11.2 Å². The lowest BCUT2D eigenvalue weighted by atomic mass is 10.1. The number of nitrogens with one attached hydrogen (secondary N) is 1. The minimum absolute atomic E-state index is 0.0266. The summed E-state index contributed by atoms with van der Waals surface area (Å²) in [5, 5.41) is 8.07. The zero-order chi connectivity index (χ0) is 22.6. The summed E-state index contributed by atoms with van der Waals surface area (Å²) in [6, 6.07) is 13.3. The van der Waals surface area contributed by atoms with E-state index in [1.54, 1.807) is 16.9 Å². The van der Waals surface area contributed by atoms with Crippen LogP contribution in [0.25, 0.3) is 17.2 Å². The van der Waals surface area contributed by atoms with Crippen molar-refractivity contribution in [1.82, 2.24) is 29.5 Å².